The average molecular weight is 266 g/mol. The molecule has 1 aliphatic carbocycles. The zero-order chi connectivity index (χ0) is 14.0. The number of nitrogens with two attached hydrogens (primary N) is 1. The lowest BCUT2D eigenvalue weighted by Crippen LogP contribution is -2.45. The van der Waals surface area contributed by atoms with Crippen molar-refractivity contribution in [2.45, 2.75) is 44.6 Å². The average Bonchev–Trinajstić information content (AvgIpc) is 2.27. The molecule has 5 heteroatoms. The molecule has 104 valence electrons. The van der Waals surface area contributed by atoms with Crippen molar-refractivity contribution in [2.75, 3.05) is 0 Å². The summed E-state index contributed by atoms with van der Waals surface area (Å²) in [7, 11) is 0. The number of rotatable bonds is 3. The lowest BCUT2D eigenvalue weighted by Gasteiger charge is -2.37. The van der Waals surface area contributed by atoms with Gasteiger partial charge in [0.1, 0.15) is 0 Å². The summed E-state index contributed by atoms with van der Waals surface area (Å²) in [4.78, 5) is 9.86. The van der Waals surface area contributed by atoms with Crippen LogP contribution in [-0.2, 0) is 6.42 Å². The normalized spacial score (nSPS) is 27.2. The fraction of sp³-hybridized carbons (Fsp3) is 0.571. The summed E-state index contributed by atoms with van der Waals surface area (Å²) >= 11 is 0. The molecule has 1 aliphatic rings. The van der Waals surface area contributed by atoms with Crippen LogP contribution in [0.4, 0.5) is 10.1 Å². The first-order valence-electron chi connectivity index (χ1n) is 6.61. The molecule has 0 aliphatic heterocycles. The van der Waals surface area contributed by atoms with E-state index in [9.17, 15) is 14.5 Å². The van der Waals surface area contributed by atoms with Crippen LogP contribution in [0.3, 0.4) is 0 Å². The van der Waals surface area contributed by atoms with E-state index in [0.29, 0.717) is 12.3 Å². The smallest absolute Gasteiger partial charge is 0.304 e. The molecular formula is C14H19FN2O2. The number of halogens is 1. The summed E-state index contributed by atoms with van der Waals surface area (Å²) in [5.74, 6) is -0.198. The van der Waals surface area contributed by atoms with Crippen LogP contribution >= 0.6 is 0 Å². The van der Waals surface area contributed by atoms with E-state index >= 15 is 0 Å². The lowest BCUT2D eigenvalue weighted by molar-refractivity contribution is -0.387. The van der Waals surface area contributed by atoms with Crippen LogP contribution in [0.1, 0.15) is 38.2 Å². The third-order valence-electron chi connectivity index (χ3n) is 3.89. The Bertz CT molecular complexity index is 492. The van der Waals surface area contributed by atoms with Gasteiger partial charge in [0.15, 0.2) is 0 Å². The van der Waals surface area contributed by atoms with Crippen molar-refractivity contribution in [1.82, 2.24) is 0 Å². The SMILES string of the molecule is CC1CCCC(N)(Cc2ccc([N+](=O)[O-])c(F)c2)C1. The number of hydrogen-bond acceptors (Lipinski definition) is 3. The molecule has 0 radical (unpaired) electrons. The van der Waals surface area contributed by atoms with Crippen LogP contribution in [0.5, 0.6) is 0 Å². The topological polar surface area (TPSA) is 69.2 Å². The molecule has 1 saturated carbocycles. The van der Waals surface area contributed by atoms with E-state index in [1.807, 2.05) is 0 Å². The molecule has 0 heterocycles. The van der Waals surface area contributed by atoms with E-state index in [4.69, 9.17) is 5.73 Å². The second kappa shape index (κ2) is 5.25. The summed E-state index contributed by atoms with van der Waals surface area (Å²) in [6.45, 7) is 2.18. The molecule has 2 N–H and O–H groups in total. The van der Waals surface area contributed by atoms with Gasteiger partial charge in [0.05, 0.1) is 4.92 Å². The molecule has 1 aromatic rings. The Morgan fingerprint density at radius 2 is 2.32 bits per heavy atom. The molecule has 0 saturated heterocycles. The summed E-state index contributed by atoms with van der Waals surface area (Å²) in [5, 5.41) is 10.6. The first-order chi connectivity index (χ1) is 8.89. The summed E-state index contributed by atoms with van der Waals surface area (Å²) < 4.78 is 13.6. The van der Waals surface area contributed by atoms with E-state index in [0.717, 1.165) is 24.8 Å². The van der Waals surface area contributed by atoms with Gasteiger partial charge < -0.3 is 5.73 Å². The minimum Gasteiger partial charge on any atom is -0.325 e. The van der Waals surface area contributed by atoms with Crippen LogP contribution in [-0.4, -0.2) is 10.5 Å². The lowest BCUT2D eigenvalue weighted by atomic mass is 9.74. The minimum absolute atomic E-state index is 0.305. The molecule has 0 spiro atoms. The van der Waals surface area contributed by atoms with Gasteiger partial charge in [-0.2, -0.15) is 4.39 Å². The van der Waals surface area contributed by atoms with Gasteiger partial charge in [-0.1, -0.05) is 25.8 Å². The number of nitro groups is 1. The maximum Gasteiger partial charge on any atom is 0.304 e. The Morgan fingerprint density at radius 1 is 1.58 bits per heavy atom. The molecular weight excluding hydrogens is 247 g/mol. The number of hydrogen-bond donors (Lipinski definition) is 1. The summed E-state index contributed by atoms with van der Waals surface area (Å²) in [6, 6.07) is 4.07. The van der Waals surface area contributed by atoms with Crippen molar-refractivity contribution < 1.29 is 9.31 Å². The summed E-state index contributed by atoms with van der Waals surface area (Å²) in [5.41, 5.74) is 6.32. The molecule has 2 rings (SSSR count). The third-order valence-corrected chi connectivity index (χ3v) is 3.89. The highest BCUT2D eigenvalue weighted by Crippen LogP contribution is 2.33. The van der Waals surface area contributed by atoms with E-state index in [2.05, 4.69) is 6.92 Å². The minimum atomic E-state index is -0.782. The Hall–Kier alpha value is -1.49. The predicted octanol–water partition coefficient (Wildman–Crippen LogP) is 3.18. The van der Waals surface area contributed by atoms with Crippen molar-refractivity contribution >= 4 is 5.69 Å². The maximum absolute atomic E-state index is 13.6. The molecule has 2 unspecified atom stereocenters. The van der Waals surface area contributed by atoms with Gasteiger partial charge >= 0.3 is 5.69 Å². The zero-order valence-electron chi connectivity index (χ0n) is 11.1. The Labute approximate surface area is 112 Å². The maximum atomic E-state index is 13.6. The molecule has 0 amide bonds. The number of nitrogens with zero attached hydrogens (tertiary/aromatic N) is 1. The van der Waals surface area contributed by atoms with Crippen LogP contribution in [0.15, 0.2) is 18.2 Å². The standard InChI is InChI=1S/C14H19FN2O2/c1-10-3-2-6-14(16,8-10)9-11-4-5-13(17(18)19)12(15)7-11/h4-5,7,10H,2-3,6,8-9,16H2,1H3. The van der Waals surface area contributed by atoms with E-state index in [1.165, 1.54) is 18.6 Å². The molecule has 0 aromatic heterocycles. The largest absolute Gasteiger partial charge is 0.325 e. The first-order valence-corrected chi connectivity index (χ1v) is 6.61. The highest BCUT2D eigenvalue weighted by molar-refractivity contribution is 5.35. The van der Waals surface area contributed by atoms with Crippen LogP contribution < -0.4 is 5.73 Å². The quantitative estimate of drug-likeness (QED) is 0.674. The Balaban J connectivity index is 2.15. The van der Waals surface area contributed by atoms with Crippen molar-refractivity contribution in [3.05, 3.63) is 39.7 Å². The first kappa shape index (κ1) is 13.9. The van der Waals surface area contributed by atoms with Gasteiger partial charge in [0.2, 0.25) is 5.82 Å². The van der Waals surface area contributed by atoms with Gasteiger partial charge in [0.25, 0.3) is 0 Å². The van der Waals surface area contributed by atoms with Gasteiger partial charge in [-0.3, -0.25) is 10.1 Å². The fourth-order valence-corrected chi connectivity index (χ4v) is 3.08. The van der Waals surface area contributed by atoms with E-state index < -0.39 is 16.4 Å². The highest BCUT2D eigenvalue weighted by Gasteiger charge is 2.31. The molecule has 4 nitrogen and oxygen atoms in total. The third kappa shape index (κ3) is 3.29. The molecule has 1 aromatic carbocycles. The van der Waals surface area contributed by atoms with Crippen molar-refractivity contribution in [2.24, 2.45) is 11.7 Å². The van der Waals surface area contributed by atoms with Crippen LogP contribution in [0, 0.1) is 21.8 Å². The zero-order valence-corrected chi connectivity index (χ0v) is 11.1. The second-order valence-electron chi connectivity index (χ2n) is 5.78. The van der Waals surface area contributed by atoms with Crippen molar-refractivity contribution in [3.63, 3.8) is 0 Å². The molecule has 1 fully saturated rings. The Morgan fingerprint density at radius 3 is 2.89 bits per heavy atom. The summed E-state index contributed by atoms with van der Waals surface area (Å²) in [6.07, 6.45) is 4.70. The Kier molecular flexibility index (Phi) is 3.85. The highest BCUT2D eigenvalue weighted by atomic mass is 19.1. The number of benzene rings is 1. The van der Waals surface area contributed by atoms with Gasteiger partial charge in [-0.25, -0.2) is 0 Å². The van der Waals surface area contributed by atoms with Crippen molar-refractivity contribution in [1.29, 1.82) is 0 Å². The van der Waals surface area contributed by atoms with Gasteiger partial charge in [-0.15, -0.1) is 0 Å². The molecule has 0 bridgehead atoms. The van der Waals surface area contributed by atoms with Gasteiger partial charge in [-0.05, 0) is 36.8 Å². The van der Waals surface area contributed by atoms with Crippen molar-refractivity contribution in [3.8, 4) is 0 Å². The second-order valence-corrected chi connectivity index (χ2v) is 5.78. The molecule has 19 heavy (non-hydrogen) atoms. The fourth-order valence-electron chi connectivity index (χ4n) is 3.08. The monoisotopic (exact) mass is 266 g/mol. The number of nitro benzene ring substituents is 1. The van der Waals surface area contributed by atoms with E-state index in [1.54, 1.807) is 6.07 Å². The van der Waals surface area contributed by atoms with Crippen LogP contribution in [0.2, 0.25) is 0 Å². The molecule has 2 atom stereocenters. The predicted molar refractivity (Wildman–Crippen MR) is 71.3 cm³/mol. The van der Waals surface area contributed by atoms with E-state index in [-0.39, 0.29) is 5.54 Å². The van der Waals surface area contributed by atoms with Gasteiger partial charge in [0, 0.05) is 11.6 Å². The van der Waals surface area contributed by atoms with Crippen LogP contribution in [0.25, 0.3) is 0 Å².